The van der Waals surface area contributed by atoms with Gasteiger partial charge < -0.3 is 9.52 Å². The summed E-state index contributed by atoms with van der Waals surface area (Å²) in [6, 6.07) is 0. The van der Waals surface area contributed by atoms with E-state index in [0.29, 0.717) is 11.6 Å². The van der Waals surface area contributed by atoms with Crippen LogP contribution in [0.2, 0.25) is 0 Å². The lowest BCUT2D eigenvalue weighted by molar-refractivity contribution is 0.0655. The fourth-order valence-electron chi connectivity index (χ4n) is 2.50. The first-order valence-electron chi connectivity index (χ1n) is 6.18. The monoisotopic (exact) mass is 237 g/mol. The molecule has 0 aliphatic heterocycles. The number of carboxylic acid groups (broad SMARTS) is 1. The SMILES string of the molecule is CC(C)c1nc(C2(C)CCCC2)oc1C(=O)O. The molecule has 1 N–H and O–H groups in total. The minimum Gasteiger partial charge on any atom is -0.475 e. The number of hydrogen-bond acceptors (Lipinski definition) is 3. The van der Waals surface area contributed by atoms with Gasteiger partial charge in [-0.25, -0.2) is 9.78 Å². The largest absolute Gasteiger partial charge is 0.475 e. The summed E-state index contributed by atoms with van der Waals surface area (Å²) in [5.41, 5.74) is 0.498. The fraction of sp³-hybridized carbons (Fsp3) is 0.692. The van der Waals surface area contributed by atoms with Crippen LogP contribution in [0, 0.1) is 0 Å². The summed E-state index contributed by atoms with van der Waals surface area (Å²) in [5, 5.41) is 9.12. The molecular formula is C13H19NO3. The lowest BCUT2D eigenvalue weighted by Gasteiger charge is -2.18. The van der Waals surface area contributed by atoms with Crippen molar-refractivity contribution in [3.63, 3.8) is 0 Å². The van der Waals surface area contributed by atoms with Crippen LogP contribution >= 0.6 is 0 Å². The van der Waals surface area contributed by atoms with Gasteiger partial charge in [-0.2, -0.15) is 0 Å². The highest BCUT2D eigenvalue weighted by Crippen LogP contribution is 2.41. The van der Waals surface area contributed by atoms with Gasteiger partial charge in [0.1, 0.15) is 0 Å². The van der Waals surface area contributed by atoms with Crippen LogP contribution in [-0.4, -0.2) is 16.1 Å². The van der Waals surface area contributed by atoms with Crippen LogP contribution in [0.5, 0.6) is 0 Å². The molecule has 0 amide bonds. The Morgan fingerprint density at radius 1 is 1.41 bits per heavy atom. The Kier molecular flexibility index (Phi) is 2.98. The van der Waals surface area contributed by atoms with E-state index in [1.165, 1.54) is 0 Å². The molecule has 1 saturated carbocycles. The van der Waals surface area contributed by atoms with Gasteiger partial charge in [0, 0.05) is 5.41 Å². The van der Waals surface area contributed by atoms with E-state index in [4.69, 9.17) is 9.52 Å². The van der Waals surface area contributed by atoms with Crippen molar-refractivity contribution in [1.82, 2.24) is 4.98 Å². The van der Waals surface area contributed by atoms with Crippen molar-refractivity contribution in [1.29, 1.82) is 0 Å². The number of oxazole rings is 1. The van der Waals surface area contributed by atoms with E-state index in [0.717, 1.165) is 25.7 Å². The number of hydrogen-bond donors (Lipinski definition) is 1. The Labute approximate surface area is 101 Å². The summed E-state index contributed by atoms with van der Waals surface area (Å²) in [6.45, 7) is 5.98. The summed E-state index contributed by atoms with van der Waals surface area (Å²) in [6.07, 6.45) is 4.39. The van der Waals surface area contributed by atoms with E-state index in [1.807, 2.05) is 13.8 Å². The maximum Gasteiger partial charge on any atom is 0.373 e. The first kappa shape index (κ1) is 12.1. The minimum absolute atomic E-state index is 0.0168. The van der Waals surface area contributed by atoms with Crippen LogP contribution in [0.3, 0.4) is 0 Å². The van der Waals surface area contributed by atoms with E-state index in [9.17, 15) is 4.79 Å². The molecule has 1 aliphatic carbocycles. The van der Waals surface area contributed by atoms with Gasteiger partial charge in [0.05, 0.1) is 5.69 Å². The molecule has 1 fully saturated rings. The van der Waals surface area contributed by atoms with Crippen molar-refractivity contribution in [2.75, 3.05) is 0 Å². The summed E-state index contributed by atoms with van der Waals surface area (Å²) >= 11 is 0. The molecule has 1 heterocycles. The molecular weight excluding hydrogens is 218 g/mol. The second kappa shape index (κ2) is 4.17. The Morgan fingerprint density at radius 2 is 2.00 bits per heavy atom. The molecule has 0 spiro atoms. The van der Waals surface area contributed by atoms with Gasteiger partial charge in [-0.1, -0.05) is 33.6 Å². The predicted octanol–water partition coefficient (Wildman–Crippen LogP) is 3.33. The molecule has 0 unspecified atom stereocenters. The van der Waals surface area contributed by atoms with Gasteiger partial charge in [-0.15, -0.1) is 0 Å². The van der Waals surface area contributed by atoms with Gasteiger partial charge >= 0.3 is 5.97 Å². The van der Waals surface area contributed by atoms with Crippen LogP contribution < -0.4 is 0 Å². The zero-order valence-corrected chi connectivity index (χ0v) is 10.6. The highest BCUT2D eigenvalue weighted by Gasteiger charge is 2.37. The van der Waals surface area contributed by atoms with Crippen LogP contribution in [-0.2, 0) is 5.41 Å². The summed E-state index contributed by atoms with van der Waals surface area (Å²) in [4.78, 5) is 15.6. The average Bonchev–Trinajstić information content (AvgIpc) is 2.83. The Balaban J connectivity index is 2.43. The topological polar surface area (TPSA) is 63.3 Å². The van der Waals surface area contributed by atoms with Crippen molar-refractivity contribution in [3.05, 3.63) is 17.3 Å². The Bertz CT molecular complexity index is 428. The van der Waals surface area contributed by atoms with E-state index in [1.54, 1.807) is 0 Å². The molecule has 0 bridgehead atoms. The summed E-state index contributed by atoms with van der Waals surface area (Å²) in [5.74, 6) is -0.322. The third kappa shape index (κ3) is 2.08. The van der Waals surface area contributed by atoms with Gasteiger partial charge in [-0.05, 0) is 18.8 Å². The third-order valence-electron chi connectivity index (χ3n) is 3.62. The Hall–Kier alpha value is -1.32. The van der Waals surface area contributed by atoms with Crippen LogP contribution in [0.15, 0.2) is 4.42 Å². The zero-order valence-electron chi connectivity index (χ0n) is 10.6. The normalized spacial score (nSPS) is 18.8. The van der Waals surface area contributed by atoms with Crippen LogP contribution in [0.1, 0.15) is 74.5 Å². The lowest BCUT2D eigenvalue weighted by atomic mass is 9.89. The smallest absolute Gasteiger partial charge is 0.373 e. The highest BCUT2D eigenvalue weighted by atomic mass is 16.4. The molecule has 94 valence electrons. The maximum atomic E-state index is 11.1. The molecule has 1 aromatic rings. The molecule has 1 aliphatic rings. The number of carboxylic acids is 1. The highest BCUT2D eigenvalue weighted by molar-refractivity contribution is 5.85. The van der Waals surface area contributed by atoms with E-state index in [2.05, 4.69) is 11.9 Å². The molecule has 4 heteroatoms. The second-order valence-electron chi connectivity index (χ2n) is 5.46. The number of rotatable bonds is 3. The Morgan fingerprint density at radius 3 is 2.41 bits per heavy atom. The second-order valence-corrected chi connectivity index (χ2v) is 5.46. The molecule has 4 nitrogen and oxygen atoms in total. The quantitative estimate of drug-likeness (QED) is 0.875. The van der Waals surface area contributed by atoms with Gasteiger partial charge in [0.2, 0.25) is 11.7 Å². The van der Waals surface area contributed by atoms with Crippen molar-refractivity contribution >= 4 is 5.97 Å². The average molecular weight is 237 g/mol. The van der Waals surface area contributed by atoms with Crippen LogP contribution in [0.25, 0.3) is 0 Å². The molecule has 0 aromatic carbocycles. The number of nitrogens with zero attached hydrogens (tertiary/aromatic N) is 1. The van der Waals surface area contributed by atoms with Crippen molar-refractivity contribution in [3.8, 4) is 0 Å². The minimum atomic E-state index is -1.02. The molecule has 0 atom stereocenters. The van der Waals surface area contributed by atoms with Gasteiger partial charge in [0.25, 0.3) is 0 Å². The summed E-state index contributed by atoms with van der Waals surface area (Å²) in [7, 11) is 0. The molecule has 0 radical (unpaired) electrons. The van der Waals surface area contributed by atoms with Crippen molar-refractivity contribution < 1.29 is 14.3 Å². The van der Waals surface area contributed by atoms with Crippen molar-refractivity contribution in [2.24, 2.45) is 0 Å². The molecule has 0 saturated heterocycles. The number of aromatic carboxylic acids is 1. The number of aromatic nitrogens is 1. The van der Waals surface area contributed by atoms with E-state index in [-0.39, 0.29) is 17.1 Å². The fourth-order valence-corrected chi connectivity index (χ4v) is 2.50. The zero-order chi connectivity index (χ0) is 12.6. The van der Waals surface area contributed by atoms with E-state index < -0.39 is 5.97 Å². The molecule has 1 aromatic heterocycles. The molecule has 17 heavy (non-hydrogen) atoms. The van der Waals surface area contributed by atoms with Gasteiger partial charge in [0.15, 0.2) is 0 Å². The van der Waals surface area contributed by atoms with E-state index >= 15 is 0 Å². The third-order valence-corrected chi connectivity index (χ3v) is 3.62. The first-order chi connectivity index (χ1) is 7.94. The summed E-state index contributed by atoms with van der Waals surface area (Å²) < 4.78 is 5.51. The number of carbonyl (C=O) groups is 1. The first-order valence-corrected chi connectivity index (χ1v) is 6.18. The maximum absolute atomic E-state index is 11.1. The predicted molar refractivity (Wildman–Crippen MR) is 63.4 cm³/mol. The van der Waals surface area contributed by atoms with Crippen molar-refractivity contribution in [2.45, 2.75) is 57.8 Å². The standard InChI is InChI=1S/C13H19NO3/c1-8(2)9-10(11(15)16)17-12(14-9)13(3)6-4-5-7-13/h8H,4-7H2,1-3H3,(H,15,16). The lowest BCUT2D eigenvalue weighted by Crippen LogP contribution is -2.17. The molecule has 2 rings (SSSR count). The van der Waals surface area contributed by atoms with Crippen LogP contribution in [0.4, 0.5) is 0 Å². The van der Waals surface area contributed by atoms with Gasteiger partial charge in [-0.3, -0.25) is 0 Å².